The molecule has 1 N–H and O–H groups in total. The summed E-state index contributed by atoms with van der Waals surface area (Å²) in [7, 11) is 0. The molecule has 0 aromatic carbocycles. The van der Waals surface area contributed by atoms with Crippen molar-refractivity contribution in [2.45, 2.75) is 44.1 Å². The summed E-state index contributed by atoms with van der Waals surface area (Å²) in [5.41, 5.74) is 1.15. The molecule has 2 atom stereocenters. The molecule has 1 saturated heterocycles. The van der Waals surface area contributed by atoms with E-state index in [2.05, 4.69) is 32.2 Å². The molecule has 1 fully saturated rings. The van der Waals surface area contributed by atoms with Crippen LogP contribution in [0.3, 0.4) is 0 Å². The second-order valence-electron chi connectivity index (χ2n) is 4.75. The van der Waals surface area contributed by atoms with Crippen LogP contribution in [0, 0.1) is 0 Å². The smallest absolute Gasteiger partial charge is 0.145 e. The lowest BCUT2D eigenvalue weighted by Gasteiger charge is -2.27. The molecule has 1 aromatic heterocycles. The van der Waals surface area contributed by atoms with Gasteiger partial charge in [0.25, 0.3) is 0 Å². The number of aromatic nitrogens is 2. The van der Waals surface area contributed by atoms with Gasteiger partial charge in [0.05, 0.1) is 5.25 Å². The lowest BCUT2D eigenvalue weighted by atomic mass is 10.2. The van der Waals surface area contributed by atoms with Crippen LogP contribution < -0.4 is 5.32 Å². The average Bonchev–Trinajstić information content (AvgIpc) is 2.45. The van der Waals surface area contributed by atoms with Gasteiger partial charge in [0.15, 0.2) is 0 Å². The Morgan fingerprint density at radius 3 is 2.74 bits per heavy atom. The minimum atomic E-state index is 0.437. The molecule has 0 amide bonds. The van der Waals surface area contributed by atoms with Crippen molar-refractivity contribution < 1.29 is 0 Å². The summed E-state index contributed by atoms with van der Waals surface area (Å²) in [6.45, 7) is 7.60. The number of thioether (sulfide) groups is 2. The number of aryl methyl sites for hydroxylation is 1. The summed E-state index contributed by atoms with van der Waals surface area (Å²) >= 11 is 4.04. The number of hydrogen-bond donors (Lipinski definition) is 1. The molecule has 0 saturated carbocycles. The SMILES string of the molecule is CCCNc1cc(CC)nc(C2SCCSC2C)n1. The molecule has 5 heteroatoms. The molecule has 1 aromatic rings. The van der Waals surface area contributed by atoms with Crippen molar-refractivity contribution in [1.82, 2.24) is 9.97 Å². The van der Waals surface area contributed by atoms with E-state index in [1.54, 1.807) is 0 Å². The van der Waals surface area contributed by atoms with Crippen molar-refractivity contribution in [3.8, 4) is 0 Å². The third kappa shape index (κ3) is 4.02. The summed E-state index contributed by atoms with van der Waals surface area (Å²) in [4.78, 5) is 9.49. The van der Waals surface area contributed by atoms with Crippen molar-refractivity contribution in [2.75, 3.05) is 23.4 Å². The molecule has 0 radical (unpaired) electrons. The number of nitrogens with zero attached hydrogens (tertiary/aromatic N) is 2. The van der Waals surface area contributed by atoms with Gasteiger partial charge in [-0.15, -0.1) is 11.8 Å². The van der Waals surface area contributed by atoms with Crippen molar-refractivity contribution in [3.05, 3.63) is 17.6 Å². The van der Waals surface area contributed by atoms with E-state index in [1.165, 1.54) is 11.5 Å². The molecule has 2 rings (SSSR count). The molecular formula is C14H23N3S2. The molecular weight excluding hydrogens is 274 g/mol. The Morgan fingerprint density at radius 1 is 1.26 bits per heavy atom. The summed E-state index contributed by atoms with van der Waals surface area (Å²) in [6.07, 6.45) is 2.08. The van der Waals surface area contributed by atoms with E-state index in [4.69, 9.17) is 9.97 Å². The predicted molar refractivity (Wildman–Crippen MR) is 87.3 cm³/mol. The van der Waals surface area contributed by atoms with Gasteiger partial charge < -0.3 is 5.32 Å². The maximum Gasteiger partial charge on any atom is 0.145 e. The third-order valence-corrected chi connectivity index (χ3v) is 6.24. The maximum absolute atomic E-state index is 4.75. The van der Waals surface area contributed by atoms with Crippen molar-refractivity contribution in [1.29, 1.82) is 0 Å². The van der Waals surface area contributed by atoms with Crippen LogP contribution in [0.4, 0.5) is 5.82 Å². The molecule has 0 spiro atoms. The molecule has 1 aliphatic heterocycles. The van der Waals surface area contributed by atoms with Gasteiger partial charge in [-0.3, -0.25) is 0 Å². The third-order valence-electron chi connectivity index (χ3n) is 3.16. The van der Waals surface area contributed by atoms with Crippen LogP contribution in [0.5, 0.6) is 0 Å². The highest BCUT2D eigenvalue weighted by Gasteiger charge is 2.27. The highest BCUT2D eigenvalue weighted by atomic mass is 32.2. The van der Waals surface area contributed by atoms with Crippen molar-refractivity contribution in [3.63, 3.8) is 0 Å². The second kappa shape index (κ2) is 7.39. The minimum absolute atomic E-state index is 0.437. The van der Waals surface area contributed by atoms with Crippen LogP contribution in [0.25, 0.3) is 0 Å². The number of nitrogens with one attached hydrogen (secondary N) is 1. The standard InChI is InChI=1S/C14H23N3S2/c1-4-6-15-12-9-11(5-2)16-14(17-12)13-10(3)18-7-8-19-13/h9-10,13H,4-8H2,1-3H3,(H,15,16,17). The summed E-state index contributed by atoms with van der Waals surface area (Å²) < 4.78 is 0. The highest BCUT2D eigenvalue weighted by Crippen LogP contribution is 2.41. The van der Waals surface area contributed by atoms with E-state index in [1.807, 2.05) is 23.5 Å². The predicted octanol–water partition coefficient (Wildman–Crippen LogP) is 3.77. The van der Waals surface area contributed by atoms with E-state index >= 15 is 0 Å². The molecule has 0 aliphatic carbocycles. The highest BCUT2D eigenvalue weighted by molar-refractivity contribution is 8.06. The fraction of sp³-hybridized carbons (Fsp3) is 0.714. The topological polar surface area (TPSA) is 37.8 Å². The van der Waals surface area contributed by atoms with Crippen molar-refractivity contribution in [2.24, 2.45) is 0 Å². The Morgan fingerprint density at radius 2 is 2.05 bits per heavy atom. The zero-order valence-electron chi connectivity index (χ0n) is 12.0. The van der Waals surface area contributed by atoms with Gasteiger partial charge in [-0.25, -0.2) is 9.97 Å². The summed E-state index contributed by atoms with van der Waals surface area (Å²) in [5, 5.41) is 4.44. The number of rotatable bonds is 5. The lowest BCUT2D eigenvalue weighted by Crippen LogP contribution is -2.19. The molecule has 3 nitrogen and oxygen atoms in total. The zero-order valence-corrected chi connectivity index (χ0v) is 13.6. The van der Waals surface area contributed by atoms with Crippen LogP contribution in [0.1, 0.15) is 44.0 Å². The Balaban J connectivity index is 2.22. The molecule has 0 bridgehead atoms. The fourth-order valence-electron chi connectivity index (χ4n) is 2.09. The maximum atomic E-state index is 4.75. The van der Waals surface area contributed by atoms with Gasteiger partial charge in [0.1, 0.15) is 11.6 Å². The Labute approximate surface area is 124 Å². The molecule has 2 unspecified atom stereocenters. The van der Waals surface area contributed by atoms with Gasteiger partial charge in [-0.1, -0.05) is 20.8 Å². The normalized spacial score (nSPS) is 23.3. The van der Waals surface area contributed by atoms with Gasteiger partial charge in [-0.05, 0) is 12.8 Å². The zero-order chi connectivity index (χ0) is 13.7. The average molecular weight is 297 g/mol. The Hall–Kier alpha value is -0.420. The van der Waals surface area contributed by atoms with Gasteiger partial charge >= 0.3 is 0 Å². The molecule has 2 heterocycles. The van der Waals surface area contributed by atoms with Crippen LogP contribution >= 0.6 is 23.5 Å². The summed E-state index contributed by atoms with van der Waals surface area (Å²) in [6, 6.07) is 2.09. The van der Waals surface area contributed by atoms with E-state index in [0.717, 1.165) is 36.7 Å². The van der Waals surface area contributed by atoms with E-state index in [-0.39, 0.29) is 0 Å². The van der Waals surface area contributed by atoms with Gasteiger partial charge in [0, 0.05) is 35.1 Å². The van der Waals surface area contributed by atoms with Gasteiger partial charge in [0.2, 0.25) is 0 Å². The van der Waals surface area contributed by atoms with Crippen LogP contribution in [-0.4, -0.2) is 33.3 Å². The van der Waals surface area contributed by atoms with Crippen LogP contribution in [-0.2, 0) is 6.42 Å². The van der Waals surface area contributed by atoms with Gasteiger partial charge in [-0.2, -0.15) is 11.8 Å². The number of anilines is 1. The fourth-order valence-corrected chi connectivity index (χ4v) is 4.78. The lowest BCUT2D eigenvalue weighted by molar-refractivity contribution is 0.802. The quantitative estimate of drug-likeness (QED) is 0.895. The summed E-state index contributed by atoms with van der Waals surface area (Å²) in [5.74, 6) is 4.46. The minimum Gasteiger partial charge on any atom is -0.370 e. The van der Waals surface area contributed by atoms with Crippen LogP contribution in [0.15, 0.2) is 6.07 Å². The van der Waals surface area contributed by atoms with E-state index in [0.29, 0.717) is 10.5 Å². The van der Waals surface area contributed by atoms with Crippen molar-refractivity contribution >= 4 is 29.3 Å². The second-order valence-corrected chi connectivity index (χ2v) is 7.48. The first-order valence-electron chi connectivity index (χ1n) is 7.09. The first-order valence-corrected chi connectivity index (χ1v) is 9.19. The Kier molecular flexibility index (Phi) is 5.82. The van der Waals surface area contributed by atoms with E-state index in [9.17, 15) is 0 Å². The monoisotopic (exact) mass is 297 g/mol. The largest absolute Gasteiger partial charge is 0.370 e. The molecule has 106 valence electrons. The number of hydrogen-bond acceptors (Lipinski definition) is 5. The molecule has 19 heavy (non-hydrogen) atoms. The first kappa shape index (κ1) is 15.0. The van der Waals surface area contributed by atoms with E-state index < -0.39 is 0 Å². The molecule has 1 aliphatic rings. The van der Waals surface area contributed by atoms with Crippen LogP contribution in [0.2, 0.25) is 0 Å². The Bertz CT molecular complexity index is 412. The first-order chi connectivity index (χ1) is 9.24.